The highest BCUT2D eigenvalue weighted by atomic mass is 15.3. The van der Waals surface area contributed by atoms with Crippen LogP contribution in [0.1, 0.15) is 30.3 Å². The molecule has 3 rings (SSSR count). The maximum Gasteiger partial charge on any atom is 0.0648 e. The van der Waals surface area contributed by atoms with Crippen LogP contribution < -0.4 is 5.32 Å². The Morgan fingerprint density at radius 3 is 2.60 bits per heavy atom. The van der Waals surface area contributed by atoms with E-state index >= 15 is 0 Å². The topological polar surface area (TPSA) is 29.9 Å². The number of hydrogen-bond acceptors (Lipinski definition) is 2. The van der Waals surface area contributed by atoms with Crippen molar-refractivity contribution in [2.75, 3.05) is 6.54 Å². The van der Waals surface area contributed by atoms with Gasteiger partial charge >= 0.3 is 0 Å². The van der Waals surface area contributed by atoms with Crippen LogP contribution in [-0.4, -0.2) is 16.3 Å². The molecule has 0 amide bonds. The quantitative estimate of drug-likeness (QED) is 0.903. The molecule has 1 aliphatic carbocycles. The van der Waals surface area contributed by atoms with E-state index in [9.17, 15) is 0 Å². The highest BCUT2D eigenvalue weighted by Crippen LogP contribution is 2.36. The van der Waals surface area contributed by atoms with E-state index in [2.05, 4.69) is 55.5 Å². The van der Waals surface area contributed by atoms with Crippen LogP contribution in [0.2, 0.25) is 0 Å². The van der Waals surface area contributed by atoms with Gasteiger partial charge in [-0.1, -0.05) is 25.1 Å². The fraction of sp³-hybridized carbons (Fsp3) is 0.471. The maximum absolute atomic E-state index is 4.69. The molecular formula is C17H23N3. The number of nitrogens with one attached hydrogen (secondary N) is 1. The van der Waals surface area contributed by atoms with Gasteiger partial charge in [-0.05, 0) is 50.8 Å². The summed E-state index contributed by atoms with van der Waals surface area (Å²) < 4.78 is 2.05. The second kappa shape index (κ2) is 5.41. The molecule has 0 spiro atoms. The van der Waals surface area contributed by atoms with E-state index in [4.69, 9.17) is 0 Å². The Balaban J connectivity index is 1.73. The molecule has 0 bridgehead atoms. The van der Waals surface area contributed by atoms with E-state index in [0.29, 0.717) is 0 Å². The summed E-state index contributed by atoms with van der Waals surface area (Å²) in [5.74, 6) is 1.80. The Labute approximate surface area is 121 Å². The van der Waals surface area contributed by atoms with Crippen LogP contribution in [0.25, 0.3) is 5.69 Å². The minimum atomic E-state index is 0.889. The van der Waals surface area contributed by atoms with Gasteiger partial charge in [0.25, 0.3) is 0 Å². The van der Waals surface area contributed by atoms with Crippen LogP contribution >= 0.6 is 0 Å². The third-order valence-corrected chi connectivity index (χ3v) is 4.43. The summed E-state index contributed by atoms with van der Waals surface area (Å²) in [6.07, 6.45) is 1.38. The molecule has 1 heterocycles. The van der Waals surface area contributed by atoms with Gasteiger partial charge in [0.05, 0.1) is 11.4 Å². The molecule has 0 saturated heterocycles. The average molecular weight is 269 g/mol. The minimum absolute atomic E-state index is 0.889. The number of aromatic nitrogens is 2. The fourth-order valence-electron chi connectivity index (χ4n) is 2.82. The molecule has 1 aromatic heterocycles. The van der Waals surface area contributed by atoms with Gasteiger partial charge in [0.2, 0.25) is 0 Å². The Hall–Kier alpha value is -1.61. The van der Waals surface area contributed by atoms with Gasteiger partial charge in [-0.15, -0.1) is 0 Å². The Morgan fingerprint density at radius 1 is 1.25 bits per heavy atom. The molecule has 3 nitrogen and oxygen atoms in total. The molecule has 20 heavy (non-hydrogen) atoms. The van der Waals surface area contributed by atoms with Crippen LogP contribution in [0.5, 0.6) is 0 Å². The molecule has 2 aromatic rings. The molecule has 2 atom stereocenters. The summed E-state index contributed by atoms with van der Waals surface area (Å²) in [6.45, 7) is 8.65. The van der Waals surface area contributed by atoms with Gasteiger partial charge in [-0.2, -0.15) is 5.10 Å². The van der Waals surface area contributed by atoms with Gasteiger partial charge in [0.1, 0.15) is 0 Å². The van der Waals surface area contributed by atoms with E-state index in [0.717, 1.165) is 36.3 Å². The molecular weight excluding hydrogens is 246 g/mol. The predicted octanol–water partition coefficient (Wildman–Crippen LogP) is 3.23. The lowest BCUT2D eigenvalue weighted by atomic mass is 10.2. The lowest BCUT2D eigenvalue weighted by Crippen LogP contribution is -2.17. The number of para-hydroxylation sites is 1. The van der Waals surface area contributed by atoms with Crippen LogP contribution in [0, 0.1) is 25.7 Å². The van der Waals surface area contributed by atoms with Crippen molar-refractivity contribution in [2.45, 2.75) is 33.7 Å². The van der Waals surface area contributed by atoms with E-state index in [1.54, 1.807) is 0 Å². The normalized spacial score (nSPS) is 21.1. The van der Waals surface area contributed by atoms with E-state index < -0.39 is 0 Å². The van der Waals surface area contributed by atoms with Crippen LogP contribution in [-0.2, 0) is 6.54 Å². The summed E-state index contributed by atoms with van der Waals surface area (Å²) >= 11 is 0. The lowest BCUT2D eigenvalue weighted by Gasteiger charge is -2.06. The summed E-state index contributed by atoms with van der Waals surface area (Å²) in [4.78, 5) is 0. The van der Waals surface area contributed by atoms with Gasteiger partial charge in [-0.3, -0.25) is 0 Å². The molecule has 0 aliphatic heterocycles. The number of hydrogen-bond donors (Lipinski definition) is 1. The molecule has 0 radical (unpaired) electrons. The first kappa shape index (κ1) is 13.4. The van der Waals surface area contributed by atoms with Gasteiger partial charge in [0, 0.05) is 17.8 Å². The summed E-state index contributed by atoms with van der Waals surface area (Å²) in [5.41, 5.74) is 4.84. The summed E-state index contributed by atoms with van der Waals surface area (Å²) in [5, 5.41) is 8.27. The zero-order valence-electron chi connectivity index (χ0n) is 12.6. The Kier molecular flexibility index (Phi) is 3.62. The van der Waals surface area contributed by atoms with Crippen molar-refractivity contribution in [3.8, 4) is 5.69 Å². The van der Waals surface area contributed by atoms with Crippen molar-refractivity contribution in [3.63, 3.8) is 0 Å². The van der Waals surface area contributed by atoms with Gasteiger partial charge < -0.3 is 5.32 Å². The van der Waals surface area contributed by atoms with Crippen LogP contribution in [0.4, 0.5) is 0 Å². The van der Waals surface area contributed by atoms with E-state index in [1.165, 1.54) is 17.7 Å². The van der Waals surface area contributed by atoms with Gasteiger partial charge in [0.15, 0.2) is 0 Å². The van der Waals surface area contributed by atoms with Crippen molar-refractivity contribution in [1.82, 2.24) is 15.1 Å². The van der Waals surface area contributed by atoms with Crippen LogP contribution in [0.3, 0.4) is 0 Å². The number of nitrogens with zero attached hydrogens (tertiary/aromatic N) is 2. The largest absolute Gasteiger partial charge is 0.312 e. The Bertz CT molecular complexity index is 586. The molecule has 1 N–H and O–H groups in total. The highest BCUT2D eigenvalue weighted by molar-refractivity contribution is 5.36. The smallest absolute Gasteiger partial charge is 0.0648 e. The second-order valence-corrected chi connectivity index (χ2v) is 6.00. The van der Waals surface area contributed by atoms with Crippen molar-refractivity contribution in [2.24, 2.45) is 11.8 Å². The highest BCUT2D eigenvalue weighted by Gasteiger charge is 2.31. The first-order chi connectivity index (χ1) is 9.66. The molecule has 2 unspecified atom stereocenters. The number of rotatable bonds is 5. The van der Waals surface area contributed by atoms with Crippen molar-refractivity contribution in [3.05, 3.63) is 47.3 Å². The van der Waals surface area contributed by atoms with Crippen molar-refractivity contribution >= 4 is 0 Å². The minimum Gasteiger partial charge on any atom is -0.312 e. The molecule has 1 fully saturated rings. The Morgan fingerprint density at radius 2 is 1.95 bits per heavy atom. The molecule has 106 valence electrons. The third kappa shape index (κ3) is 2.63. The monoisotopic (exact) mass is 269 g/mol. The first-order valence-corrected chi connectivity index (χ1v) is 7.48. The van der Waals surface area contributed by atoms with Gasteiger partial charge in [-0.25, -0.2) is 4.68 Å². The average Bonchev–Trinajstić information content (AvgIpc) is 3.08. The second-order valence-electron chi connectivity index (χ2n) is 6.00. The van der Waals surface area contributed by atoms with Crippen molar-refractivity contribution < 1.29 is 0 Å². The summed E-state index contributed by atoms with van der Waals surface area (Å²) in [6, 6.07) is 10.3. The van der Waals surface area contributed by atoms with Crippen LogP contribution in [0.15, 0.2) is 30.3 Å². The summed E-state index contributed by atoms with van der Waals surface area (Å²) in [7, 11) is 0. The zero-order valence-corrected chi connectivity index (χ0v) is 12.6. The van der Waals surface area contributed by atoms with Crippen molar-refractivity contribution in [1.29, 1.82) is 0 Å². The van der Waals surface area contributed by atoms with E-state index in [-0.39, 0.29) is 0 Å². The first-order valence-electron chi connectivity index (χ1n) is 7.48. The third-order valence-electron chi connectivity index (χ3n) is 4.43. The maximum atomic E-state index is 4.69. The lowest BCUT2D eigenvalue weighted by molar-refractivity contribution is 0.609. The molecule has 1 aliphatic rings. The zero-order chi connectivity index (χ0) is 14.1. The predicted molar refractivity (Wildman–Crippen MR) is 82.0 cm³/mol. The number of aryl methyl sites for hydroxylation is 1. The number of benzene rings is 1. The fourth-order valence-corrected chi connectivity index (χ4v) is 2.82. The SMILES string of the molecule is Cc1nn(-c2ccccc2)c(C)c1CNCC1CC1C. The van der Waals surface area contributed by atoms with E-state index in [1.807, 2.05) is 10.7 Å². The molecule has 1 aromatic carbocycles. The molecule has 3 heteroatoms. The standard InChI is InChI=1S/C17H23N3/c1-12-9-15(12)10-18-11-17-13(2)19-20(14(17)3)16-7-5-4-6-8-16/h4-8,12,15,18H,9-11H2,1-3H3. The molecule has 1 saturated carbocycles.